The van der Waals surface area contributed by atoms with Gasteiger partial charge in [-0.25, -0.2) is 0 Å². The van der Waals surface area contributed by atoms with Crippen LogP contribution in [-0.2, 0) is 9.53 Å². The Morgan fingerprint density at radius 3 is 3.08 bits per heavy atom. The fourth-order valence-electron chi connectivity index (χ4n) is 2.38. The van der Waals surface area contributed by atoms with Gasteiger partial charge in [0.05, 0.1) is 6.42 Å². The molecule has 68 valence electrons. The van der Waals surface area contributed by atoms with Gasteiger partial charge >= 0.3 is 5.97 Å². The van der Waals surface area contributed by atoms with E-state index in [0.717, 1.165) is 10.8 Å². The van der Waals surface area contributed by atoms with Gasteiger partial charge in [0.25, 0.3) is 0 Å². The molecule has 0 spiro atoms. The van der Waals surface area contributed by atoms with Gasteiger partial charge in [0.15, 0.2) is 0 Å². The van der Waals surface area contributed by atoms with Crippen LogP contribution in [0.3, 0.4) is 0 Å². The number of carbonyl (C=O) groups is 1. The van der Waals surface area contributed by atoms with Crippen LogP contribution in [0.25, 0.3) is 0 Å². The Kier molecular flexibility index (Phi) is 2.31. The molecule has 1 aliphatic heterocycles. The van der Waals surface area contributed by atoms with Gasteiger partial charge in [-0.2, -0.15) is 0 Å². The molecule has 0 aromatic rings. The molecule has 0 N–H and O–H groups in total. The highest BCUT2D eigenvalue weighted by Gasteiger charge is 2.49. The quantitative estimate of drug-likeness (QED) is 0.418. The Balaban J connectivity index is 2.19. The fraction of sp³-hybridized carbons (Fsp3) is 0.889. The van der Waals surface area contributed by atoms with Gasteiger partial charge in [0.1, 0.15) is 5.60 Å². The summed E-state index contributed by atoms with van der Waals surface area (Å²) in [7, 11) is 0. The number of carbonyl (C=O) groups excluding carboxylic acids is 1. The number of fused-ring (bicyclic) bond motifs is 1. The van der Waals surface area contributed by atoms with Crippen molar-refractivity contribution < 1.29 is 9.53 Å². The SMILES string of the molecule is O=C1C[C@@H]2CCCC[C@]2(CI)O1. The van der Waals surface area contributed by atoms with Crippen molar-refractivity contribution in [1.29, 1.82) is 0 Å². The number of ether oxygens (including phenoxy) is 1. The lowest BCUT2D eigenvalue weighted by Crippen LogP contribution is -2.39. The monoisotopic (exact) mass is 280 g/mol. The minimum Gasteiger partial charge on any atom is -0.458 e. The molecular weight excluding hydrogens is 267 g/mol. The molecule has 0 aromatic heterocycles. The predicted molar refractivity (Wildman–Crippen MR) is 54.3 cm³/mol. The molecule has 3 heteroatoms. The summed E-state index contributed by atoms with van der Waals surface area (Å²) in [5, 5.41) is 0. The molecule has 1 saturated carbocycles. The van der Waals surface area contributed by atoms with Crippen LogP contribution >= 0.6 is 22.6 Å². The molecule has 0 bridgehead atoms. The van der Waals surface area contributed by atoms with E-state index in [9.17, 15) is 4.79 Å². The number of esters is 1. The molecule has 12 heavy (non-hydrogen) atoms. The lowest BCUT2D eigenvalue weighted by atomic mass is 9.77. The predicted octanol–water partition coefficient (Wildman–Crippen LogP) is 2.30. The first-order valence-electron chi connectivity index (χ1n) is 4.55. The maximum atomic E-state index is 11.1. The van der Waals surface area contributed by atoms with Gasteiger partial charge < -0.3 is 4.74 Å². The first kappa shape index (κ1) is 8.78. The number of halogens is 1. The summed E-state index contributed by atoms with van der Waals surface area (Å²) in [5.41, 5.74) is -0.0596. The first-order chi connectivity index (χ1) is 5.77. The Labute approximate surface area is 86.2 Å². The molecule has 0 radical (unpaired) electrons. The van der Waals surface area contributed by atoms with E-state index in [-0.39, 0.29) is 11.6 Å². The van der Waals surface area contributed by atoms with E-state index in [2.05, 4.69) is 22.6 Å². The third kappa shape index (κ3) is 1.26. The van der Waals surface area contributed by atoms with Crippen molar-refractivity contribution in [2.24, 2.45) is 5.92 Å². The zero-order chi connectivity index (χ0) is 8.60. The second kappa shape index (κ2) is 3.16. The topological polar surface area (TPSA) is 26.3 Å². The number of hydrogen-bond acceptors (Lipinski definition) is 2. The summed E-state index contributed by atoms with van der Waals surface area (Å²) in [5.74, 6) is 0.550. The van der Waals surface area contributed by atoms with Gasteiger partial charge in [0.2, 0.25) is 0 Å². The average Bonchev–Trinajstić information content (AvgIpc) is 2.41. The van der Waals surface area contributed by atoms with E-state index >= 15 is 0 Å². The van der Waals surface area contributed by atoms with Crippen LogP contribution in [0.1, 0.15) is 32.1 Å². The molecule has 2 aliphatic rings. The Hall–Kier alpha value is 0.200. The molecule has 2 atom stereocenters. The Morgan fingerprint density at radius 1 is 1.58 bits per heavy atom. The number of hydrogen-bond donors (Lipinski definition) is 0. The van der Waals surface area contributed by atoms with E-state index in [4.69, 9.17) is 4.74 Å². The highest BCUT2D eigenvalue weighted by atomic mass is 127. The van der Waals surface area contributed by atoms with E-state index in [1.54, 1.807) is 0 Å². The fourth-order valence-corrected chi connectivity index (χ4v) is 3.54. The highest BCUT2D eigenvalue weighted by molar-refractivity contribution is 14.1. The van der Waals surface area contributed by atoms with Crippen LogP contribution in [0.2, 0.25) is 0 Å². The largest absolute Gasteiger partial charge is 0.458 e. The van der Waals surface area contributed by atoms with Crippen molar-refractivity contribution in [3.63, 3.8) is 0 Å². The van der Waals surface area contributed by atoms with Crippen molar-refractivity contribution in [1.82, 2.24) is 0 Å². The minimum atomic E-state index is -0.0596. The van der Waals surface area contributed by atoms with Crippen LogP contribution in [0.15, 0.2) is 0 Å². The summed E-state index contributed by atoms with van der Waals surface area (Å²) >= 11 is 2.35. The molecule has 0 amide bonds. The van der Waals surface area contributed by atoms with E-state index in [1.807, 2.05) is 0 Å². The van der Waals surface area contributed by atoms with Crippen molar-refractivity contribution in [3.05, 3.63) is 0 Å². The highest BCUT2D eigenvalue weighted by Crippen LogP contribution is 2.44. The zero-order valence-corrected chi connectivity index (χ0v) is 9.17. The van der Waals surface area contributed by atoms with Crippen molar-refractivity contribution in [3.8, 4) is 0 Å². The second-order valence-corrected chi connectivity index (χ2v) is 4.58. The molecule has 2 nitrogen and oxygen atoms in total. The van der Waals surface area contributed by atoms with Crippen molar-refractivity contribution in [2.75, 3.05) is 4.43 Å². The third-order valence-electron chi connectivity index (χ3n) is 3.10. The first-order valence-corrected chi connectivity index (χ1v) is 6.07. The number of alkyl halides is 1. The van der Waals surface area contributed by atoms with E-state index in [0.29, 0.717) is 12.3 Å². The smallest absolute Gasteiger partial charge is 0.306 e. The summed E-state index contributed by atoms with van der Waals surface area (Å²) in [6, 6.07) is 0. The van der Waals surface area contributed by atoms with Crippen LogP contribution in [0.4, 0.5) is 0 Å². The summed E-state index contributed by atoms with van der Waals surface area (Å²) in [4.78, 5) is 11.1. The number of rotatable bonds is 1. The van der Waals surface area contributed by atoms with Gasteiger partial charge in [-0.3, -0.25) is 4.79 Å². The molecule has 0 aromatic carbocycles. The maximum Gasteiger partial charge on any atom is 0.306 e. The van der Waals surface area contributed by atoms with Gasteiger partial charge in [-0.05, 0) is 19.3 Å². The van der Waals surface area contributed by atoms with Crippen molar-refractivity contribution in [2.45, 2.75) is 37.7 Å². The lowest BCUT2D eigenvalue weighted by molar-refractivity contribution is -0.148. The average molecular weight is 280 g/mol. The summed E-state index contributed by atoms with van der Waals surface area (Å²) in [6.45, 7) is 0. The zero-order valence-electron chi connectivity index (χ0n) is 7.01. The normalized spacial score (nSPS) is 40.8. The molecule has 1 heterocycles. The van der Waals surface area contributed by atoms with Gasteiger partial charge in [-0.1, -0.05) is 29.0 Å². The Bertz CT molecular complexity index is 205. The Morgan fingerprint density at radius 2 is 2.42 bits per heavy atom. The molecule has 1 saturated heterocycles. The van der Waals surface area contributed by atoms with Crippen molar-refractivity contribution >= 4 is 28.6 Å². The molecule has 2 rings (SSSR count). The van der Waals surface area contributed by atoms with Crippen LogP contribution in [0, 0.1) is 5.92 Å². The third-order valence-corrected chi connectivity index (χ3v) is 4.39. The van der Waals surface area contributed by atoms with E-state index < -0.39 is 0 Å². The van der Waals surface area contributed by atoms with Crippen LogP contribution in [0.5, 0.6) is 0 Å². The van der Waals surface area contributed by atoms with Gasteiger partial charge in [-0.15, -0.1) is 0 Å². The molecule has 1 aliphatic carbocycles. The standard InChI is InChI=1S/C9H13IO2/c10-6-9-4-2-1-3-7(9)5-8(11)12-9/h7H,1-6H2/t7-,9+/m0/s1. The van der Waals surface area contributed by atoms with Crippen LogP contribution < -0.4 is 0 Å². The van der Waals surface area contributed by atoms with E-state index in [1.165, 1.54) is 19.3 Å². The maximum absolute atomic E-state index is 11.1. The molecule has 2 fully saturated rings. The molecule has 0 unspecified atom stereocenters. The summed E-state index contributed by atoms with van der Waals surface area (Å²) in [6.07, 6.45) is 5.45. The summed E-state index contributed by atoms with van der Waals surface area (Å²) < 4.78 is 6.43. The second-order valence-electron chi connectivity index (χ2n) is 3.82. The molecular formula is C9H13IO2. The minimum absolute atomic E-state index is 0.0265. The lowest BCUT2D eigenvalue weighted by Gasteiger charge is -2.35. The van der Waals surface area contributed by atoms with Gasteiger partial charge in [0, 0.05) is 10.3 Å². The van der Waals surface area contributed by atoms with Crippen LogP contribution in [-0.4, -0.2) is 16.0 Å².